The summed E-state index contributed by atoms with van der Waals surface area (Å²) in [6.45, 7) is 4.60. The third-order valence-electron chi connectivity index (χ3n) is 4.11. The zero-order valence-corrected chi connectivity index (χ0v) is 13.6. The van der Waals surface area contributed by atoms with E-state index in [1.54, 1.807) is 7.11 Å². The molecule has 0 unspecified atom stereocenters. The molecule has 0 bridgehead atoms. The second-order valence-electron chi connectivity index (χ2n) is 5.73. The highest BCUT2D eigenvalue weighted by Gasteiger charge is 2.05. The van der Waals surface area contributed by atoms with Crippen molar-refractivity contribution in [1.82, 2.24) is 4.98 Å². The Bertz CT molecular complexity index is 896. The number of pyridine rings is 1. The molecule has 0 amide bonds. The molecule has 0 saturated carbocycles. The monoisotopic (exact) mass is 308 g/mol. The minimum absolute atomic E-state index is 0.0539. The zero-order valence-electron chi connectivity index (χ0n) is 13.6. The number of rotatable bonds is 4. The number of aromatic amines is 1. The average molecular weight is 308 g/mol. The summed E-state index contributed by atoms with van der Waals surface area (Å²) in [4.78, 5) is 15.2. The third-order valence-corrected chi connectivity index (χ3v) is 4.11. The molecule has 2 aromatic carbocycles. The number of methoxy groups -OCH3 is 1. The Balaban J connectivity index is 1.85. The Morgan fingerprint density at radius 3 is 2.43 bits per heavy atom. The van der Waals surface area contributed by atoms with Gasteiger partial charge in [-0.2, -0.15) is 0 Å². The molecule has 4 heteroatoms. The number of nitrogens with one attached hydrogen (secondary N) is 2. The Morgan fingerprint density at radius 2 is 1.74 bits per heavy atom. The molecule has 1 heterocycles. The van der Waals surface area contributed by atoms with Gasteiger partial charge in [0.25, 0.3) is 5.56 Å². The summed E-state index contributed by atoms with van der Waals surface area (Å²) in [5.41, 5.74) is 4.89. The fourth-order valence-corrected chi connectivity index (χ4v) is 2.56. The first kappa shape index (κ1) is 15.2. The fraction of sp³-hybridized carbons (Fsp3) is 0.211. The van der Waals surface area contributed by atoms with Gasteiger partial charge in [0.15, 0.2) is 0 Å². The van der Waals surface area contributed by atoms with Crippen LogP contribution in [0.3, 0.4) is 0 Å². The molecule has 0 aliphatic rings. The van der Waals surface area contributed by atoms with Crippen molar-refractivity contribution in [3.63, 3.8) is 0 Å². The number of anilines is 1. The van der Waals surface area contributed by atoms with Crippen LogP contribution in [0.4, 0.5) is 5.69 Å². The smallest absolute Gasteiger partial charge is 0.253 e. The van der Waals surface area contributed by atoms with Crippen LogP contribution >= 0.6 is 0 Å². The van der Waals surface area contributed by atoms with Crippen molar-refractivity contribution in [2.45, 2.75) is 20.4 Å². The molecule has 0 aliphatic carbocycles. The Morgan fingerprint density at radius 1 is 1.04 bits per heavy atom. The van der Waals surface area contributed by atoms with Crippen LogP contribution in [0.15, 0.2) is 47.3 Å². The van der Waals surface area contributed by atoms with E-state index in [0.717, 1.165) is 27.9 Å². The van der Waals surface area contributed by atoms with E-state index >= 15 is 0 Å². The molecule has 3 aromatic rings. The summed E-state index contributed by atoms with van der Waals surface area (Å²) >= 11 is 0. The van der Waals surface area contributed by atoms with E-state index in [2.05, 4.69) is 23.3 Å². The maximum atomic E-state index is 12.2. The van der Waals surface area contributed by atoms with Crippen LogP contribution in [0.5, 0.6) is 5.75 Å². The van der Waals surface area contributed by atoms with Gasteiger partial charge in [-0.25, -0.2) is 0 Å². The topological polar surface area (TPSA) is 54.1 Å². The summed E-state index contributed by atoms with van der Waals surface area (Å²) in [6.07, 6.45) is 0. The molecular formula is C19H20N2O2. The van der Waals surface area contributed by atoms with Gasteiger partial charge in [0.1, 0.15) is 5.75 Å². The van der Waals surface area contributed by atoms with Gasteiger partial charge < -0.3 is 15.0 Å². The molecule has 0 aliphatic heterocycles. The number of ether oxygens (including phenoxy) is 1. The van der Waals surface area contributed by atoms with E-state index in [4.69, 9.17) is 4.74 Å². The normalized spacial score (nSPS) is 10.7. The van der Waals surface area contributed by atoms with Gasteiger partial charge in [-0.05, 0) is 72.8 Å². The number of fused-ring (bicyclic) bond motifs is 1. The first-order chi connectivity index (χ1) is 11.1. The van der Waals surface area contributed by atoms with Crippen molar-refractivity contribution in [3.8, 4) is 5.75 Å². The maximum absolute atomic E-state index is 12.2. The van der Waals surface area contributed by atoms with E-state index in [9.17, 15) is 4.79 Å². The first-order valence-electron chi connectivity index (χ1n) is 7.58. The van der Waals surface area contributed by atoms with E-state index in [-0.39, 0.29) is 5.56 Å². The molecular weight excluding hydrogens is 288 g/mol. The molecule has 1 aromatic heterocycles. The Kier molecular flexibility index (Phi) is 4.06. The lowest BCUT2D eigenvalue weighted by atomic mass is 10.0. The lowest BCUT2D eigenvalue weighted by molar-refractivity contribution is 0.415. The summed E-state index contributed by atoms with van der Waals surface area (Å²) in [7, 11) is 1.64. The molecule has 23 heavy (non-hydrogen) atoms. The van der Waals surface area contributed by atoms with Crippen LogP contribution in [-0.4, -0.2) is 12.1 Å². The van der Waals surface area contributed by atoms with Crippen molar-refractivity contribution in [3.05, 3.63) is 69.5 Å². The van der Waals surface area contributed by atoms with Gasteiger partial charge in [-0.1, -0.05) is 0 Å². The average Bonchev–Trinajstić information content (AvgIpc) is 2.55. The van der Waals surface area contributed by atoms with Crippen molar-refractivity contribution < 1.29 is 4.74 Å². The van der Waals surface area contributed by atoms with Gasteiger partial charge in [-0.15, -0.1) is 0 Å². The number of hydrogen-bond donors (Lipinski definition) is 2. The lowest BCUT2D eigenvalue weighted by Crippen LogP contribution is -2.15. The largest absolute Gasteiger partial charge is 0.497 e. The van der Waals surface area contributed by atoms with Crippen LogP contribution in [0.2, 0.25) is 0 Å². The van der Waals surface area contributed by atoms with Gasteiger partial charge in [0.2, 0.25) is 0 Å². The standard InChI is InChI=1S/C19H20N2O2/c1-12-8-14-10-15(19(22)21-18(14)9-13(12)2)11-20-16-4-6-17(23-3)7-5-16/h4-10,20H,11H2,1-3H3,(H,21,22). The predicted octanol–water partition coefficient (Wildman–Crippen LogP) is 3.77. The predicted molar refractivity (Wildman–Crippen MR) is 94.4 cm³/mol. The van der Waals surface area contributed by atoms with Gasteiger partial charge >= 0.3 is 0 Å². The second-order valence-corrected chi connectivity index (χ2v) is 5.73. The van der Waals surface area contributed by atoms with E-state index in [0.29, 0.717) is 6.54 Å². The van der Waals surface area contributed by atoms with Crippen LogP contribution < -0.4 is 15.6 Å². The van der Waals surface area contributed by atoms with Gasteiger partial charge in [-0.3, -0.25) is 4.79 Å². The fourth-order valence-electron chi connectivity index (χ4n) is 2.56. The molecule has 3 rings (SSSR count). The Hall–Kier alpha value is -2.75. The maximum Gasteiger partial charge on any atom is 0.253 e. The number of benzene rings is 2. The van der Waals surface area contributed by atoms with E-state index < -0.39 is 0 Å². The van der Waals surface area contributed by atoms with Crippen LogP contribution in [0, 0.1) is 13.8 Å². The molecule has 4 nitrogen and oxygen atoms in total. The van der Waals surface area contributed by atoms with Gasteiger partial charge in [0, 0.05) is 23.3 Å². The zero-order chi connectivity index (χ0) is 16.4. The number of aryl methyl sites for hydroxylation is 2. The molecule has 0 atom stereocenters. The highest BCUT2D eigenvalue weighted by atomic mass is 16.5. The van der Waals surface area contributed by atoms with Crippen molar-refractivity contribution in [1.29, 1.82) is 0 Å². The van der Waals surface area contributed by atoms with Crippen LogP contribution in [0.1, 0.15) is 16.7 Å². The molecule has 0 saturated heterocycles. The van der Waals surface area contributed by atoms with Crippen LogP contribution in [0.25, 0.3) is 10.9 Å². The minimum Gasteiger partial charge on any atom is -0.497 e. The lowest BCUT2D eigenvalue weighted by Gasteiger charge is -2.09. The quantitative estimate of drug-likeness (QED) is 0.771. The number of aromatic nitrogens is 1. The molecule has 0 spiro atoms. The Labute approximate surface area is 135 Å². The molecule has 2 N–H and O–H groups in total. The van der Waals surface area contributed by atoms with Crippen molar-refractivity contribution in [2.75, 3.05) is 12.4 Å². The number of H-pyrrole nitrogens is 1. The first-order valence-corrected chi connectivity index (χ1v) is 7.58. The highest BCUT2D eigenvalue weighted by molar-refractivity contribution is 5.80. The molecule has 0 radical (unpaired) electrons. The second kappa shape index (κ2) is 6.16. The SMILES string of the molecule is COc1ccc(NCc2cc3cc(C)c(C)cc3[nH]c2=O)cc1. The number of hydrogen-bond acceptors (Lipinski definition) is 3. The highest BCUT2D eigenvalue weighted by Crippen LogP contribution is 2.18. The summed E-state index contributed by atoms with van der Waals surface area (Å²) in [5, 5.41) is 4.32. The van der Waals surface area contributed by atoms with E-state index in [1.807, 2.05) is 43.3 Å². The summed E-state index contributed by atoms with van der Waals surface area (Å²) in [6, 6.07) is 13.7. The third kappa shape index (κ3) is 3.21. The van der Waals surface area contributed by atoms with Crippen molar-refractivity contribution in [2.24, 2.45) is 0 Å². The summed E-state index contributed by atoms with van der Waals surface area (Å²) in [5.74, 6) is 0.810. The van der Waals surface area contributed by atoms with Gasteiger partial charge in [0.05, 0.1) is 7.11 Å². The summed E-state index contributed by atoms with van der Waals surface area (Å²) < 4.78 is 5.14. The van der Waals surface area contributed by atoms with Crippen molar-refractivity contribution >= 4 is 16.6 Å². The molecule has 0 fully saturated rings. The van der Waals surface area contributed by atoms with Crippen LogP contribution in [-0.2, 0) is 6.54 Å². The van der Waals surface area contributed by atoms with E-state index in [1.165, 1.54) is 11.1 Å². The molecule has 118 valence electrons. The minimum atomic E-state index is -0.0539.